The van der Waals surface area contributed by atoms with E-state index in [-0.39, 0.29) is 23.8 Å². The minimum absolute atomic E-state index is 0.183. The van der Waals surface area contributed by atoms with Crippen molar-refractivity contribution in [1.82, 2.24) is 14.7 Å². The van der Waals surface area contributed by atoms with Crippen molar-refractivity contribution in [3.8, 4) is 0 Å². The summed E-state index contributed by atoms with van der Waals surface area (Å²) in [5.41, 5.74) is 1.39. The third kappa shape index (κ3) is 4.07. The van der Waals surface area contributed by atoms with Gasteiger partial charge in [0.1, 0.15) is 5.70 Å². The smallest absolute Gasteiger partial charge is 0.277 e. The Bertz CT molecular complexity index is 814. The van der Waals surface area contributed by atoms with Crippen LogP contribution in [0.25, 0.3) is 5.57 Å². The molecular weight excluding hydrogens is 397 g/mol. The Balaban J connectivity index is 2.06. The van der Waals surface area contributed by atoms with Crippen molar-refractivity contribution in [2.75, 3.05) is 33.7 Å². The van der Waals surface area contributed by atoms with E-state index >= 15 is 0 Å². The van der Waals surface area contributed by atoms with E-state index in [1.165, 1.54) is 4.90 Å². The number of hydrogen-bond acceptors (Lipinski definition) is 4. The second-order valence-electron chi connectivity index (χ2n) is 8.11. The van der Waals surface area contributed by atoms with Crippen molar-refractivity contribution in [2.45, 2.75) is 32.7 Å². The van der Waals surface area contributed by atoms with Crippen molar-refractivity contribution in [3.05, 3.63) is 39.5 Å². The van der Waals surface area contributed by atoms with Gasteiger partial charge in [0.05, 0.1) is 10.6 Å². The Hall–Kier alpha value is -1.56. The topological polar surface area (TPSA) is 43.9 Å². The van der Waals surface area contributed by atoms with Crippen LogP contribution in [0.5, 0.6) is 0 Å². The highest BCUT2D eigenvalue weighted by Crippen LogP contribution is 2.37. The lowest BCUT2D eigenvalue weighted by molar-refractivity contribution is -0.138. The fourth-order valence-electron chi connectivity index (χ4n) is 3.92. The molecule has 0 aromatic heterocycles. The van der Waals surface area contributed by atoms with Crippen molar-refractivity contribution >= 4 is 40.6 Å². The Morgan fingerprint density at radius 2 is 1.79 bits per heavy atom. The number of likely N-dealkylation sites (tertiary alicyclic amines) is 1. The average Bonchev–Trinajstić information content (AvgIpc) is 2.86. The molecule has 152 valence electrons. The molecule has 2 aliphatic heterocycles. The van der Waals surface area contributed by atoms with Gasteiger partial charge >= 0.3 is 0 Å². The van der Waals surface area contributed by atoms with Crippen molar-refractivity contribution in [3.63, 3.8) is 0 Å². The van der Waals surface area contributed by atoms with Crippen LogP contribution >= 0.6 is 23.2 Å². The van der Waals surface area contributed by atoms with Crippen LogP contribution in [-0.4, -0.2) is 66.3 Å². The van der Waals surface area contributed by atoms with Crippen molar-refractivity contribution in [2.24, 2.45) is 5.92 Å². The third-order valence-electron chi connectivity index (χ3n) is 5.48. The molecule has 0 aliphatic carbocycles. The Morgan fingerprint density at radius 3 is 2.36 bits per heavy atom. The fourth-order valence-corrected chi connectivity index (χ4v) is 4.42. The molecule has 28 heavy (non-hydrogen) atoms. The summed E-state index contributed by atoms with van der Waals surface area (Å²) < 4.78 is 0. The van der Waals surface area contributed by atoms with Crippen LogP contribution in [0.4, 0.5) is 0 Å². The number of nitrogens with zero attached hydrogens (tertiary/aromatic N) is 3. The monoisotopic (exact) mass is 423 g/mol. The summed E-state index contributed by atoms with van der Waals surface area (Å²) in [4.78, 5) is 32.2. The normalized spacial score (nSPS) is 19.3. The van der Waals surface area contributed by atoms with Crippen LogP contribution in [0.2, 0.25) is 10.0 Å². The number of hydrogen-bond donors (Lipinski definition) is 0. The molecule has 1 aromatic rings. The van der Waals surface area contributed by atoms with E-state index in [0.717, 1.165) is 25.9 Å². The molecule has 0 spiro atoms. The number of carbonyl (C=O) groups excluding carboxylic acids is 2. The lowest BCUT2D eigenvalue weighted by atomic mass is 10.00. The molecule has 0 bridgehead atoms. The molecule has 2 aliphatic rings. The first-order valence-electron chi connectivity index (χ1n) is 9.68. The van der Waals surface area contributed by atoms with E-state index < -0.39 is 0 Å². The Morgan fingerprint density at radius 1 is 1.14 bits per heavy atom. The summed E-state index contributed by atoms with van der Waals surface area (Å²) in [6, 6.07) is 5.25. The van der Waals surface area contributed by atoms with Crippen LogP contribution in [0.3, 0.4) is 0 Å². The molecule has 0 atom stereocenters. The van der Waals surface area contributed by atoms with Gasteiger partial charge in [-0.2, -0.15) is 0 Å². The predicted octanol–water partition coefficient (Wildman–Crippen LogP) is 3.76. The van der Waals surface area contributed by atoms with Crippen molar-refractivity contribution < 1.29 is 9.59 Å². The van der Waals surface area contributed by atoms with Gasteiger partial charge in [-0.15, -0.1) is 0 Å². The number of benzene rings is 1. The summed E-state index contributed by atoms with van der Waals surface area (Å²) in [5, 5.41) is 0.875. The van der Waals surface area contributed by atoms with Crippen LogP contribution in [0, 0.1) is 5.92 Å². The van der Waals surface area contributed by atoms with Crippen LogP contribution in [-0.2, 0) is 9.59 Å². The number of imide groups is 1. The molecule has 3 rings (SSSR count). The standard InChI is InChI=1S/C21H27Cl2N3O2/c1-13(2)12-26-20(27)18(16-6-5-14(22)11-17(16)23)19(21(26)28)25(4)15-7-9-24(3)10-8-15/h5-6,11,13,15H,7-10,12H2,1-4H3. The first-order valence-corrected chi connectivity index (χ1v) is 10.4. The molecule has 2 heterocycles. The zero-order valence-electron chi connectivity index (χ0n) is 16.8. The second kappa shape index (κ2) is 8.44. The largest absolute Gasteiger partial charge is 0.366 e. The molecule has 7 heteroatoms. The molecule has 0 N–H and O–H groups in total. The molecule has 0 saturated carbocycles. The molecule has 0 radical (unpaired) electrons. The molecule has 0 unspecified atom stereocenters. The molecule has 1 fully saturated rings. The first-order chi connectivity index (χ1) is 13.2. The van der Waals surface area contributed by atoms with Gasteiger partial charge in [0, 0.05) is 30.2 Å². The van der Waals surface area contributed by atoms with Gasteiger partial charge < -0.3 is 9.80 Å². The highest BCUT2D eigenvalue weighted by molar-refractivity contribution is 6.41. The summed E-state index contributed by atoms with van der Waals surface area (Å²) in [7, 11) is 4.02. The maximum Gasteiger partial charge on any atom is 0.277 e. The minimum Gasteiger partial charge on any atom is -0.366 e. The minimum atomic E-state index is -0.280. The number of rotatable bonds is 5. The summed E-state index contributed by atoms with van der Waals surface area (Å²) in [6.45, 7) is 6.31. The van der Waals surface area contributed by atoms with Gasteiger partial charge in [0.15, 0.2) is 0 Å². The van der Waals surface area contributed by atoms with Gasteiger partial charge in [-0.25, -0.2) is 0 Å². The van der Waals surface area contributed by atoms with Crippen LogP contribution in [0.15, 0.2) is 23.9 Å². The highest BCUT2D eigenvalue weighted by Gasteiger charge is 2.43. The van der Waals surface area contributed by atoms with E-state index in [2.05, 4.69) is 11.9 Å². The van der Waals surface area contributed by atoms with Crippen molar-refractivity contribution in [1.29, 1.82) is 0 Å². The summed E-state index contributed by atoms with van der Waals surface area (Å²) in [6.07, 6.45) is 1.90. The number of halogens is 2. The average molecular weight is 424 g/mol. The highest BCUT2D eigenvalue weighted by atomic mass is 35.5. The maximum atomic E-state index is 13.3. The van der Waals surface area contributed by atoms with Gasteiger partial charge in [0.25, 0.3) is 11.8 Å². The van der Waals surface area contributed by atoms with E-state index in [1.807, 2.05) is 25.8 Å². The fraction of sp³-hybridized carbons (Fsp3) is 0.524. The maximum absolute atomic E-state index is 13.3. The van der Waals surface area contributed by atoms with E-state index in [4.69, 9.17) is 23.2 Å². The van der Waals surface area contributed by atoms with E-state index in [0.29, 0.717) is 33.4 Å². The zero-order chi connectivity index (χ0) is 20.6. The molecule has 1 aromatic carbocycles. The zero-order valence-corrected chi connectivity index (χ0v) is 18.3. The number of amides is 2. The quantitative estimate of drug-likeness (QED) is 0.676. The summed E-state index contributed by atoms with van der Waals surface area (Å²) >= 11 is 12.5. The third-order valence-corrected chi connectivity index (χ3v) is 6.03. The molecule has 5 nitrogen and oxygen atoms in total. The van der Waals surface area contributed by atoms with Gasteiger partial charge in [0.2, 0.25) is 0 Å². The Kier molecular flexibility index (Phi) is 6.37. The lowest BCUT2D eigenvalue weighted by Crippen LogP contribution is -2.44. The van der Waals surface area contributed by atoms with Gasteiger partial charge in [-0.3, -0.25) is 14.5 Å². The molecule has 1 saturated heterocycles. The number of carbonyl (C=O) groups is 2. The number of likely N-dealkylation sites (N-methyl/N-ethyl adjacent to an activating group) is 1. The summed E-state index contributed by atoms with van der Waals surface area (Å²) in [5.74, 6) is -0.332. The first kappa shape index (κ1) is 21.2. The van der Waals surface area contributed by atoms with Crippen LogP contribution in [0.1, 0.15) is 32.3 Å². The van der Waals surface area contributed by atoms with Gasteiger partial charge in [-0.05, 0) is 51.0 Å². The molecule has 2 amide bonds. The second-order valence-corrected chi connectivity index (χ2v) is 8.95. The predicted molar refractivity (Wildman–Crippen MR) is 113 cm³/mol. The Labute approximate surface area is 176 Å². The van der Waals surface area contributed by atoms with E-state index in [1.54, 1.807) is 18.2 Å². The molecular formula is C21H27Cl2N3O2. The van der Waals surface area contributed by atoms with E-state index in [9.17, 15) is 9.59 Å². The van der Waals surface area contributed by atoms with Crippen LogP contribution < -0.4 is 0 Å². The lowest BCUT2D eigenvalue weighted by Gasteiger charge is -2.36. The SMILES string of the molecule is CC(C)CN1C(=O)C(c2ccc(Cl)cc2Cl)=C(N(C)C2CCN(C)CC2)C1=O. The van der Waals surface area contributed by atoms with Gasteiger partial charge in [-0.1, -0.05) is 43.1 Å². The number of piperidine rings is 1.